The first kappa shape index (κ1) is 14.6. The number of β-amino-alcohol motifs (C(OH)–C–C–N with tert-alkyl or cyclic N) is 1. The van der Waals surface area contributed by atoms with E-state index in [-0.39, 0.29) is 17.8 Å². The van der Waals surface area contributed by atoms with Crippen LogP contribution < -0.4 is 4.90 Å². The minimum absolute atomic E-state index is 0.000873. The lowest BCUT2D eigenvalue weighted by Gasteiger charge is -2.41. The standard InChI is InChI=1S/C14H18F3N3O/c1-9-7-20(8-13(9,21)10-3-2-4-10)12-18-6-5-11(19-12)14(15,16)17/h5-6,9-10,21H,2-4,7-8H2,1H3. The van der Waals surface area contributed by atoms with E-state index in [4.69, 9.17) is 0 Å². The molecule has 0 spiro atoms. The number of hydrogen-bond donors (Lipinski definition) is 1. The maximum atomic E-state index is 12.7. The Hall–Kier alpha value is -1.37. The molecule has 1 aromatic heterocycles. The Kier molecular flexibility index (Phi) is 3.35. The molecule has 1 aromatic rings. The van der Waals surface area contributed by atoms with Gasteiger partial charge in [0.15, 0.2) is 0 Å². The molecule has 0 bridgehead atoms. The number of aliphatic hydroxyl groups is 1. The highest BCUT2D eigenvalue weighted by Crippen LogP contribution is 2.44. The molecule has 2 atom stereocenters. The van der Waals surface area contributed by atoms with Crippen molar-refractivity contribution in [2.45, 2.75) is 38.0 Å². The number of aromatic nitrogens is 2. The van der Waals surface area contributed by atoms with E-state index in [0.717, 1.165) is 31.5 Å². The van der Waals surface area contributed by atoms with Gasteiger partial charge in [-0.05, 0) is 24.8 Å². The van der Waals surface area contributed by atoms with Crippen LogP contribution in [0.15, 0.2) is 12.3 Å². The molecule has 116 valence electrons. The van der Waals surface area contributed by atoms with Gasteiger partial charge in [0, 0.05) is 18.7 Å². The van der Waals surface area contributed by atoms with Crippen LogP contribution in [-0.2, 0) is 6.18 Å². The summed E-state index contributed by atoms with van der Waals surface area (Å²) in [5.74, 6) is 0.288. The van der Waals surface area contributed by atoms with Crippen molar-refractivity contribution in [3.63, 3.8) is 0 Å². The van der Waals surface area contributed by atoms with Gasteiger partial charge in [0.05, 0.1) is 12.1 Å². The molecule has 4 nitrogen and oxygen atoms in total. The summed E-state index contributed by atoms with van der Waals surface area (Å²) < 4.78 is 38.2. The highest BCUT2D eigenvalue weighted by Gasteiger charge is 2.50. The number of alkyl halides is 3. The van der Waals surface area contributed by atoms with Crippen molar-refractivity contribution >= 4 is 5.95 Å². The van der Waals surface area contributed by atoms with E-state index in [1.165, 1.54) is 0 Å². The molecule has 2 aliphatic rings. The van der Waals surface area contributed by atoms with Crippen molar-refractivity contribution in [3.8, 4) is 0 Å². The van der Waals surface area contributed by atoms with Crippen LogP contribution in [0.1, 0.15) is 31.9 Å². The molecule has 2 unspecified atom stereocenters. The molecule has 0 radical (unpaired) electrons. The predicted octanol–water partition coefficient (Wildman–Crippen LogP) is 2.48. The van der Waals surface area contributed by atoms with E-state index in [0.29, 0.717) is 13.1 Å². The molecule has 1 aliphatic carbocycles. The molecule has 3 rings (SSSR count). The smallest absolute Gasteiger partial charge is 0.387 e. The molecule has 1 saturated heterocycles. The van der Waals surface area contributed by atoms with E-state index in [2.05, 4.69) is 9.97 Å². The SMILES string of the molecule is CC1CN(c2nccc(C(F)(F)F)n2)CC1(O)C1CCC1. The van der Waals surface area contributed by atoms with Gasteiger partial charge in [0.2, 0.25) is 5.95 Å². The van der Waals surface area contributed by atoms with E-state index < -0.39 is 17.5 Å². The van der Waals surface area contributed by atoms with Gasteiger partial charge in [-0.3, -0.25) is 0 Å². The summed E-state index contributed by atoms with van der Waals surface area (Å²) in [6, 6.07) is 0.862. The highest BCUT2D eigenvalue weighted by molar-refractivity contribution is 5.35. The fourth-order valence-electron chi connectivity index (χ4n) is 3.27. The Morgan fingerprint density at radius 1 is 1.38 bits per heavy atom. The summed E-state index contributed by atoms with van der Waals surface area (Å²) in [6.45, 7) is 2.72. The molecular weight excluding hydrogens is 283 g/mol. The summed E-state index contributed by atoms with van der Waals surface area (Å²) in [5.41, 5.74) is -1.78. The Morgan fingerprint density at radius 3 is 2.67 bits per heavy atom. The average Bonchev–Trinajstić information content (AvgIpc) is 2.63. The third-order valence-electron chi connectivity index (χ3n) is 4.82. The zero-order valence-corrected chi connectivity index (χ0v) is 11.8. The Balaban J connectivity index is 1.82. The summed E-state index contributed by atoms with van der Waals surface area (Å²) in [4.78, 5) is 9.21. The fraction of sp³-hybridized carbons (Fsp3) is 0.714. The van der Waals surface area contributed by atoms with Crippen LogP contribution in [0.3, 0.4) is 0 Å². The van der Waals surface area contributed by atoms with E-state index in [1.807, 2.05) is 6.92 Å². The molecule has 1 saturated carbocycles. The van der Waals surface area contributed by atoms with Crippen LogP contribution in [0.2, 0.25) is 0 Å². The van der Waals surface area contributed by atoms with Gasteiger partial charge >= 0.3 is 6.18 Å². The number of nitrogens with zero attached hydrogens (tertiary/aromatic N) is 3. The number of halogens is 3. The highest BCUT2D eigenvalue weighted by atomic mass is 19.4. The van der Waals surface area contributed by atoms with Crippen LogP contribution in [0, 0.1) is 11.8 Å². The third kappa shape index (κ3) is 2.47. The number of hydrogen-bond acceptors (Lipinski definition) is 4. The lowest BCUT2D eigenvalue weighted by molar-refractivity contribution is -0.141. The average molecular weight is 301 g/mol. The first-order chi connectivity index (χ1) is 9.80. The molecule has 21 heavy (non-hydrogen) atoms. The zero-order valence-electron chi connectivity index (χ0n) is 11.8. The van der Waals surface area contributed by atoms with Crippen LogP contribution >= 0.6 is 0 Å². The quantitative estimate of drug-likeness (QED) is 0.912. The lowest BCUT2D eigenvalue weighted by atomic mass is 9.69. The summed E-state index contributed by atoms with van der Waals surface area (Å²) in [6.07, 6.45) is -0.278. The topological polar surface area (TPSA) is 49.2 Å². The van der Waals surface area contributed by atoms with E-state index >= 15 is 0 Å². The maximum absolute atomic E-state index is 12.7. The fourth-order valence-corrected chi connectivity index (χ4v) is 3.27. The molecular formula is C14H18F3N3O. The molecule has 0 aromatic carbocycles. The normalized spacial score (nSPS) is 30.5. The van der Waals surface area contributed by atoms with Crippen molar-refractivity contribution < 1.29 is 18.3 Å². The van der Waals surface area contributed by atoms with Crippen LogP contribution in [-0.4, -0.2) is 33.8 Å². The molecule has 1 aliphatic heterocycles. The number of rotatable bonds is 2. The minimum Gasteiger partial charge on any atom is -0.387 e. The maximum Gasteiger partial charge on any atom is 0.433 e. The predicted molar refractivity (Wildman–Crippen MR) is 70.7 cm³/mol. The third-order valence-corrected chi connectivity index (χ3v) is 4.82. The lowest BCUT2D eigenvalue weighted by Crippen LogP contribution is -2.47. The molecule has 0 amide bonds. The molecule has 1 N–H and O–H groups in total. The van der Waals surface area contributed by atoms with Crippen molar-refractivity contribution in [2.75, 3.05) is 18.0 Å². The van der Waals surface area contributed by atoms with E-state index in [1.54, 1.807) is 4.90 Å². The Morgan fingerprint density at radius 2 is 2.10 bits per heavy atom. The van der Waals surface area contributed by atoms with Gasteiger partial charge in [0.25, 0.3) is 0 Å². The molecule has 2 heterocycles. The second kappa shape index (κ2) is 4.83. The number of anilines is 1. The van der Waals surface area contributed by atoms with E-state index in [9.17, 15) is 18.3 Å². The van der Waals surface area contributed by atoms with Crippen LogP contribution in [0.5, 0.6) is 0 Å². The largest absolute Gasteiger partial charge is 0.433 e. The first-order valence-corrected chi connectivity index (χ1v) is 7.18. The van der Waals surface area contributed by atoms with Crippen molar-refractivity contribution in [1.82, 2.24) is 9.97 Å². The van der Waals surface area contributed by atoms with Crippen molar-refractivity contribution in [2.24, 2.45) is 11.8 Å². The summed E-state index contributed by atoms with van der Waals surface area (Å²) in [5, 5.41) is 10.8. The Labute approximate surface area is 121 Å². The summed E-state index contributed by atoms with van der Waals surface area (Å²) >= 11 is 0. The Bertz CT molecular complexity index is 532. The first-order valence-electron chi connectivity index (χ1n) is 7.18. The minimum atomic E-state index is -4.48. The van der Waals surface area contributed by atoms with Gasteiger partial charge < -0.3 is 10.0 Å². The van der Waals surface area contributed by atoms with Crippen LogP contribution in [0.4, 0.5) is 19.1 Å². The zero-order chi connectivity index (χ0) is 15.3. The molecule has 2 fully saturated rings. The van der Waals surface area contributed by atoms with Crippen molar-refractivity contribution in [3.05, 3.63) is 18.0 Å². The van der Waals surface area contributed by atoms with Gasteiger partial charge in [-0.1, -0.05) is 13.3 Å². The van der Waals surface area contributed by atoms with Crippen molar-refractivity contribution in [1.29, 1.82) is 0 Å². The summed E-state index contributed by atoms with van der Waals surface area (Å²) in [7, 11) is 0. The molecule has 7 heteroatoms. The second-order valence-corrected chi connectivity index (χ2v) is 6.14. The monoisotopic (exact) mass is 301 g/mol. The van der Waals surface area contributed by atoms with Gasteiger partial charge in [-0.15, -0.1) is 0 Å². The van der Waals surface area contributed by atoms with Crippen LogP contribution in [0.25, 0.3) is 0 Å². The van der Waals surface area contributed by atoms with Gasteiger partial charge in [0.1, 0.15) is 5.69 Å². The second-order valence-electron chi connectivity index (χ2n) is 6.14. The van der Waals surface area contributed by atoms with Gasteiger partial charge in [-0.25, -0.2) is 9.97 Å². The van der Waals surface area contributed by atoms with Gasteiger partial charge in [-0.2, -0.15) is 13.2 Å².